The average molecular weight is 293 g/mol. The van der Waals surface area contributed by atoms with E-state index in [-0.39, 0.29) is 6.61 Å². The highest BCUT2D eigenvalue weighted by atomic mass is 16.2. The maximum atomic E-state index is 8.81. The van der Waals surface area contributed by atoms with Crippen LogP contribution in [0.15, 0.2) is 34.9 Å². The van der Waals surface area contributed by atoms with Crippen LogP contribution in [0.1, 0.15) is 79.6 Å². The summed E-state index contributed by atoms with van der Waals surface area (Å²) in [5, 5.41) is 8.81. The van der Waals surface area contributed by atoms with E-state index in [2.05, 4.69) is 46.8 Å². The van der Waals surface area contributed by atoms with Gasteiger partial charge in [0.05, 0.1) is 6.61 Å². The van der Waals surface area contributed by atoms with E-state index in [1.54, 1.807) is 0 Å². The summed E-state index contributed by atoms with van der Waals surface area (Å²) >= 11 is 0. The van der Waals surface area contributed by atoms with Crippen LogP contribution in [0.5, 0.6) is 0 Å². The Bertz CT molecular complexity index is 343. The molecule has 0 aromatic carbocycles. The zero-order valence-electron chi connectivity index (χ0n) is 14.9. The first-order valence-electron chi connectivity index (χ1n) is 8.51. The van der Waals surface area contributed by atoms with Gasteiger partial charge < -0.3 is 5.11 Å². The lowest BCUT2D eigenvalue weighted by atomic mass is 9.96. The van der Waals surface area contributed by atoms with Gasteiger partial charge in [0.15, 0.2) is 0 Å². The highest BCUT2D eigenvalue weighted by Crippen LogP contribution is 2.18. The molecule has 1 nitrogen and oxygen atoms in total. The lowest BCUT2D eigenvalue weighted by Crippen LogP contribution is -1.94. The quantitative estimate of drug-likeness (QED) is 0.449. The van der Waals surface area contributed by atoms with E-state index in [1.165, 1.54) is 48.8 Å². The maximum Gasteiger partial charge on any atom is 0.0614 e. The molecule has 21 heavy (non-hydrogen) atoms. The van der Waals surface area contributed by atoms with Crippen LogP contribution in [0.25, 0.3) is 0 Å². The van der Waals surface area contributed by atoms with Crippen molar-refractivity contribution in [2.45, 2.75) is 79.6 Å². The molecule has 0 aliphatic carbocycles. The van der Waals surface area contributed by atoms with Crippen LogP contribution in [-0.2, 0) is 0 Å². The highest BCUT2D eigenvalue weighted by molar-refractivity contribution is 5.03. The first-order chi connectivity index (χ1) is 9.95. The first kappa shape index (κ1) is 20.2. The van der Waals surface area contributed by atoms with Crippen LogP contribution in [-0.4, -0.2) is 11.7 Å². The third kappa shape index (κ3) is 13.9. The number of aliphatic hydroxyl groups is 1. The van der Waals surface area contributed by atoms with Crippen molar-refractivity contribution in [1.29, 1.82) is 0 Å². The standard InChI is InChI=1S/C20H36O/c1-17(2)9-6-10-18(3)11-7-12-19(4)13-8-14-20(5)15-16-21/h9,13,15,18,21H,6-8,10-12,14,16H2,1-5H3/b19-13+,20-15+. The Morgan fingerprint density at radius 1 is 0.857 bits per heavy atom. The van der Waals surface area contributed by atoms with E-state index in [0.29, 0.717) is 0 Å². The lowest BCUT2D eigenvalue weighted by molar-refractivity contribution is 0.341. The van der Waals surface area contributed by atoms with E-state index in [9.17, 15) is 0 Å². The monoisotopic (exact) mass is 292 g/mol. The second kappa shape index (κ2) is 12.9. The van der Waals surface area contributed by atoms with Gasteiger partial charge in [0.25, 0.3) is 0 Å². The predicted octanol–water partition coefficient (Wildman–Crippen LogP) is 6.20. The van der Waals surface area contributed by atoms with Gasteiger partial charge in [-0.25, -0.2) is 0 Å². The molecular weight excluding hydrogens is 256 g/mol. The molecule has 0 aliphatic heterocycles. The second-order valence-corrected chi connectivity index (χ2v) is 6.68. The molecule has 0 rings (SSSR count). The van der Waals surface area contributed by atoms with E-state index in [1.807, 2.05) is 6.08 Å². The molecule has 0 saturated carbocycles. The minimum Gasteiger partial charge on any atom is -0.392 e. The van der Waals surface area contributed by atoms with E-state index in [0.717, 1.165) is 18.8 Å². The molecule has 0 heterocycles. The normalized spacial score (nSPS) is 14.2. The molecule has 0 aromatic heterocycles. The largest absolute Gasteiger partial charge is 0.392 e. The fourth-order valence-corrected chi connectivity index (χ4v) is 2.44. The second-order valence-electron chi connectivity index (χ2n) is 6.68. The molecule has 0 spiro atoms. The van der Waals surface area contributed by atoms with Crippen molar-refractivity contribution in [3.05, 3.63) is 34.9 Å². The van der Waals surface area contributed by atoms with Gasteiger partial charge in [-0.05, 0) is 72.1 Å². The summed E-state index contributed by atoms with van der Waals surface area (Å²) in [6, 6.07) is 0. The third-order valence-corrected chi connectivity index (χ3v) is 3.95. The molecule has 1 unspecified atom stereocenters. The molecule has 122 valence electrons. The molecule has 0 radical (unpaired) electrons. The number of hydrogen-bond acceptors (Lipinski definition) is 1. The van der Waals surface area contributed by atoms with Crippen LogP contribution in [0.3, 0.4) is 0 Å². The molecular formula is C20H36O. The van der Waals surface area contributed by atoms with Gasteiger partial charge in [-0.1, -0.05) is 48.3 Å². The maximum absolute atomic E-state index is 8.81. The predicted molar refractivity (Wildman–Crippen MR) is 95.5 cm³/mol. The van der Waals surface area contributed by atoms with E-state index >= 15 is 0 Å². The number of hydrogen-bond donors (Lipinski definition) is 1. The Balaban J connectivity index is 3.75. The van der Waals surface area contributed by atoms with Crippen LogP contribution >= 0.6 is 0 Å². The first-order valence-corrected chi connectivity index (χ1v) is 8.51. The lowest BCUT2D eigenvalue weighted by Gasteiger charge is -2.10. The Hall–Kier alpha value is -0.820. The molecule has 0 fully saturated rings. The Morgan fingerprint density at radius 3 is 2.14 bits per heavy atom. The van der Waals surface area contributed by atoms with Crippen LogP contribution < -0.4 is 0 Å². The van der Waals surface area contributed by atoms with Gasteiger partial charge in [-0.15, -0.1) is 0 Å². The summed E-state index contributed by atoms with van der Waals surface area (Å²) in [4.78, 5) is 0. The third-order valence-electron chi connectivity index (χ3n) is 3.95. The number of aliphatic hydroxyl groups excluding tert-OH is 1. The van der Waals surface area contributed by atoms with Crippen molar-refractivity contribution < 1.29 is 5.11 Å². The Kier molecular flexibility index (Phi) is 12.4. The van der Waals surface area contributed by atoms with E-state index < -0.39 is 0 Å². The zero-order valence-corrected chi connectivity index (χ0v) is 14.9. The van der Waals surface area contributed by atoms with Crippen molar-refractivity contribution in [3.63, 3.8) is 0 Å². The molecule has 1 N–H and O–H groups in total. The van der Waals surface area contributed by atoms with Gasteiger partial charge in [-0.2, -0.15) is 0 Å². The summed E-state index contributed by atoms with van der Waals surface area (Å²) in [6.45, 7) is 11.2. The van der Waals surface area contributed by atoms with Crippen LogP contribution in [0, 0.1) is 5.92 Å². The molecule has 0 aliphatic rings. The van der Waals surface area contributed by atoms with Crippen molar-refractivity contribution in [3.8, 4) is 0 Å². The summed E-state index contributed by atoms with van der Waals surface area (Å²) in [7, 11) is 0. The summed E-state index contributed by atoms with van der Waals surface area (Å²) < 4.78 is 0. The minimum atomic E-state index is 0.166. The molecule has 1 atom stereocenters. The van der Waals surface area contributed by atoms with Crippen molar-refractivity contribution >= 4 is 0 Å². The SMILES string of the molecule is CC(C)=CCCC(C)CCC/C(C)=C/CC/C(C)=C/CO. The molecule has 1 heteroatoms. The van der Waals surface area contributed by atoms with Crippen LogP contribution in [0.2, 0.25) is 0 Å². The van der Waals surface area contributed by atoms with Crippen molar-refractivity contribution in [2.75, 3.05) is 6.61 Å². The summed E-state index contributed by atoms with van der Waals surface area (Å²) in [5.74, 6) is 0.836. The zero-order chi connectivity index (χ0) is 16.1. The van der Waals surface area contributed by atoms with Crippen LogP contribution in [0.4, 0.5) is 0 Å². The van der Waals surface area contributed by atoms with Gasteiger partial charge in [0.1, 0.15) is 0 Å². The molecule has 0 amide bonds. The fourth-order valence-electron chi connectivity index (χ4n) is 2.44. The van der Waals surface area contributed by atoms with Crippen molar-refractivity contribution in [2.24, 2.45) is 5.92 Å². The summed E-state index contributed by atoms with van der Waals surface area (Å²) in [5.41, 5.74) is 4.24. The molecule has 0 aromatic rings. The Labute approximate surface area is 132 Å². The van der Waals surface area contributed by atoms with E-state index in [4.69, 9.17) is 5.11 Å². The average Bonchev–Trinajstić information content (AvgIpc) is 2.38. The van der Waals surface area contributed by atoms with Gasteiger partial charge in [-0.3, -0.25) is 0 Å². The van der Waals surface area contributed by atoms with Crippen molar-refractivity contribution in [1.82, 2.24) is 0 Å². The van der Waals surface area contributed by atoms with Gasteiger partial charge in [0.2, 0.25) is 0 Å². The minimum absolute atomic E-state index is 0.166. The number of allylic oxidation sites excluding steroid dienone is 5. The Morgan fingerprint density at radius 2 is 1.52 bits per heavy atom. The fraction of sp³-hybridized carbons (Fsp3) is 0.700. The van der Waals surface area contributed by atoms with Gasteiger partial charge in [0, 0.05) is 0 Å². The smallest absolute Gasteiger partial charge is 0.0614 e. The highest BCUT2D eigenvalue weighted by Gasteiger charge is 2.01. The van der Waals surface area contributed by atoms with Gasteiger partial charge >= 0.3 is 0 Å². The number of rotatable bonds is 11. The molecule has 0 bridgehead atoms. The topological polar surface area (TPSA) is 20.2 Å². The molecule has 0 saturated heterocycles. The summed E-state index contributed by atoms with van der Waals surface area (Å²) in [6.07, 6.45) is 15.2.